The van der Waals surface area contributed by atoms with Gasteiger partial charge in [0.2, 0.25) is 5.91 Å². The van der Waals surface area contributed by atoms with Crippen LogP contribution in [0.4, 0.5) is 13.2 Å². The number of carbonyl (C=O) groups excluding carboxylic acids is 3. The monoisotopic (exact) mass is 363 g/mol. The van der Waals surface area contributed by atoms with Crippen LogP contribution in [0.15, 0.2) is 24.3 Å². The van der Waals surface area contributed by atoms with E-state index in [1.54, 1.807) is 29.7 Å². The highest BCUT2D eigenvalue weighted by Crippen LogP contribution is 2.24. The van der Waals surface area contributed by atoms with Crippen LogP contribution in [-0.2, 0) is 20.9 Å². The first-order valence-corrected chi connectivity index (χ1v) is 7.28. The van der Waals surface area contributed by atoms with E-state index in [1.165, 1.54) is 10.3 Å². The number of nitrogens with zero attached hydrogens (tertiary/aromatic N) is 1. The summed E-state index contributed by atoms with van der Waals surface area (Å²) < 4.78 is 36.3. The van der Waals surface area contributed by atoms with Gasteiger partial charge in [-0.3, -0.25) is 25.2 Å². The number of carbonyl (C=O) groups is 3. The van der Waals surface area contributed by atoms with Gasteiger partial charge in [-0.2, -0.15) is 13.2 Å². The molecule has 1 unspecified atom stereocenters. The lowest BCUT2D eigenvalue weighted by Crippen LogP contribution is -2.53. The van der Waals surface area contributed by atoms with E-state index in [9.17, 15) is 27.6 Å². The quantitative estimate of drug-likeness (QED) is 0.800. The van der Waals surface area contributed by atoms with Crippen molar-refractivity contribution in [3.05, 3.63) is 34.9 Å². The van der Waals surface area contributed by atoms with Crippen LogP contribution in [0.3, 0.4) is 0 Å². The third kappa shape index (κ3) is 4.16. The molecule has 2 rings (SSSR count). The van der Waals surface area contributed by atoms with Crippen LogP contribution < -0.4 is 10.9 Å². The van der Waals surface area contributed by atoms with E-state index in [2.05, 4.69) is 0 Å². The Morgan fingerprint density at radius 2 is 1.92 bits per heavy atom. The van der Waals surface area contributed by atoms with E-state index in [0.29, 0.717) is 10.6 Å². The first-order chi connectivity index (χ1) is 11.2. The predicted octanol–water partition coefficient (Wildman–Crippen LogP) is 1.54. The number of benzene rings is 1. The molecule has 1 fully saturated rings. The van der Waals surface area contributed by atoms with Gasteiger partial charge in [0.1, 0.15) is 6.04 Å². The maximum absolute atomic E-state index is 12.1. The molecule has 0 bridgehead atoms. The van der Waals surface area contributed by atoms with E-state index >= 15 is 0 Å². The SMILES string of the molecule is O=C(NNC(=O)C(F)(F)F)C1CCC(=O)N1Cc1ccccc1Cl. The summed E-state index contributed by atoms with van der Waals surface area (Å²) in [6, 6.07) is 5.72. The predicted molar refractivity (Wildman–Crippen MR) is 77.4 cm³/mol. The van der Waals surface area contributed by atoms with E-state index < -0.39 is 24.0 Å². The molecule has 1 atom stereocenters. The van der Waals surface area contributed by atoms with Crippen LogP contribution in [0.25, 0.3) is 0 Å². The molecule has 1 aromatic carbocycles. The molecule has 10 heteroatoms. The average molecular weight is 364 g/mol. The van der Waals surface area contributed by atoms with Crippen LogP contribution in [0, 0.1) is 0 Å². The number of alkyl halides is 3. The molecule has 1 saturated heterocycles. The van der Waals surface area contributed by atoms with Crippen LogP contribution in [-0.4, -0.2) is 34.8 Å². The molecule has 2 N–H and O–H groups in total. The lowest BCUT2D eigenvalue weighted by atomic mass is 10.1. The molecule has 24 heavy (non-hydrogen) atoms. The van der Waals surface area contributed by atoms with E-state index in [0.717, 1.165) is 0 Å². The summed E-state index contributed by atoms with van der Waals surface area (Å²) >= 11 is 6.01. The van der Waals surface area contributed by atoms with Crippen molar-refractivity contribution in [2.24, 2.45) is 0 Å². The number of hydrogen-bond donors (Lipinski definition) is 2. The summed E-state index contributed by atoms with van der Waals surface area (Å²) in [6.07, 6.45) is -4.90. The molecule has 1 aliphatic heterocycles. The van der Waals surface area contributed by atoms with Gasteiger partial charge in [0, 0.05) is 18.0 Å². The fourth-order valence-electron chi connectivity index (χ4n) is 2.29. The lowest BCUT2D eigenvalue weighted by Gasteiger charge is -2.24. The number of amides is 3. The Kier molecular flexibility index (Phi) is 5.33. The summed E-state index contributed by atoms with van der Waals surface area (Å²) in [5.41, 5.74) is 3.58. The third-order valence-corrected chi connectivity index (χ3v) is 3.85. The second kappa shape index (κ2) is 7.08. The van der Waals surface area contributed by atoms with E-state index in [-0.39, 0.29) is 25.3 Å². The van der Waals surface area contributed by atoms with Gasteiger partial charge in [-0.1, -0.05) is 29.8 Å². The largest absolute Gasteiger partial charge is 0.472 e. The zero-order valence-electron chi connectivity index (χ0n) is 12.2. The maximum Gasteiger partial charge on any atom is 0.472 e. The van der Waals surface area contributed by atoms with Crippen molar-refractivity contribution >= 4 is 29.3 Å². The summed E-state index contributed by atoms with van der Waals surface area (Å²) in [4.78, 5) is 35.9. The van der Waals surface area contributed by atoms with Crippen LogP contribution >= 0.6 is 11.6 Å². The second-order valence-corrected chi connectivity index (χ2v) is 5.52. The van der Waals surface area contributed by atoms with Crippen molar-refractivity contribution in [1.82, 2.24) is 15.8 Å². The van der Waals surface area contributed by atoms with Crippen molar-refractivity contribution in [3.8, 4) is 0 Å². The van der Waals surface area contributed by atoms with Crippen molar-refractivity contribution in [2.75, 3.05) is 0 Å². The molecule has 6 nitrogen and oxygen atoms in total. The molecule has 1 heterocycles. The van der Waals surface area contributed by atoms with Gasteiger partial charge in [0.05, 0.1) is 0 Å². The van der Waals surface area contributed by atoms with Gasteiger partial charge >= 0.3 is 12.1 Å². The molecule has 1 aromatic rings. The second-order valence-electron chi connectivity index (χ2n) is 5.11. The Morgan fingerprint density at radius 3 is 2.54 bits per heavy atom. The normalized spacial score (nSPS) is 17.8. The highest BCUT2D eigenvalue weighted by Gasteiger charge is 2.40. The Morgan fingerprint density at radius 1 is 1.25 bits per heavy atom. The van der Waals surface area contributed by atoms with Gasteiger partial charge in [-0.15, -0.1) is 0 Å². The number of hydrazine groups is 1. The number of rotatable bonds is 3. The van der Waals surface area contributed by atoms with Gasteiger partial charge in [0.25, 0.3) is 5.91 Å². The molecular formula is C14H13ClF3N3O3. The van der Waals surface area contributed by atoms with Crippen molar-refractivity contribution in [2.45, 2.75) is 31.6 Å². The topological polar surface area (TPSA) is 78.5 Å². The number of nitrogens with one attached hydrogen (secondary N) is 2. The minimum absolute atomic E-state index is 0.0454. The highest BCUT2D eigenvalue weighted by molar-refractivity contribution is 6.31. The third-order valence-electron chi connectivity index (χ3n) is 3.49. The molecule has 1 aliphatic rings. The molecule has 0 aliphatic carbocycles. The molecule has 0 aromatic heterocycles. The first-order valence-electron chi connectivity index (χ1n) is 6.90. The fraction of sp³-hybridized carbons (Fsp3) is 0.357. The summed E-state index contributed by atoms with van der Waals surface area (Å²) in [5.74, 6) is -3.51. The van der Waals surface area contributed by atoms with Gasteiger partial charge in [-0.25, -0.2) is 0 Å². The Bertz CT molecular complexity index is 666. The fourth-order valence-corrected chi connectivity index (χ4v) is 2.48. The maximum atomic E-state index is 12.1. The van der Waals surface area contributed by atoms with Crippen LogP contribution in [0.1, 0.15) is 18.4 Å². The molecule has 130 valence electrons. The minimum Gasteiger partial charge on any atom is -0.326 e. The standard InChI is InChI=1S/C14H13ClF3N3O3/c15-9-4-2-1-3-8(9)7-21-10(5-6-11(21)22)12(23)19-20-13(24)14(16,17)18/h1-4,10H,5-7H2,(H,19,23)(H,20,24). The Hall–Kier alpha value is -2.29. The lowest BCUT2D eigenvalue weighted by molar-refractivity contribution is -0.175. The molecule has 0 spiro atoms. The molecule has 0 radical (unpaired) electrons. The van der Waals surface area contributed by atoms with Crippen molar-refractivity contribution in [1.29, 1.82) is 0 Å². The first kappa shape index (κ1) is 18.1. The van der Waals surface area contributed by atoms with Gasteiger partial charge in [0.15, 0.2) is 0 Å². The number of hydrogen-bond acceptors (Lipinski definition) is 3. The average Bonchev–Trinajstić information content (AvgIpc) is 2.87. The number of likely N-dealkylation sites (tertiary alicyclic amines) is 1. The van der Waals surface area contributed by atoms with E-state index in [1.807, 2.05) is 0 Å². The molecule has 0 saturated carbocycles. The minimum atomic E-state index is -5.12. The Balaban J connectivity index is 2.03. The number of halogens is 4. The summed E-state index contributed by atoms with van der Waals surface area (Å²) in [6.45, 7) is 0.0454. The van der Waals surface area contributed by atoms with Crippen LogP contribution in [0.5, 0.6) is 0 Å². The molecular weight excluding hydrogens is 351 g/mol. The van der Waals surface area contributed by atoms with Gasteiger partial charge in [-0.05, 0) is 18.1 Å². The van der Waals surface area contributed by atoms with Crippen molar-refractivity contribution in [3.63, 3.8) is 0 Å². The zero-order valence-corrected chi connectivity index (χ0v) is 12.9. The Labute approximate surface area is 139 Å². The molecule has 3 amide bonds. The summed E-state index contributed by atoms with van der Waals surface area (Å²) in [5, 5.41) is 0.404. The summed E-state index contributed by atoms with van der Waals surface area (Å²) in [7, 11) is 0. The highest BCUT2D eigenvalue weighted by atomic mass is 35.5. The van der Waals surface area contributed by atoms with E-state index in [4.69, 9.17) is 11.6 Å². The van der Waals surface area contributed by atoms with Crippen LogP contribution in [0.2, 0.25) is 5.02 Å². The van der Waals surface area contributed by atoms with Crippen molar-refractivity contribution < 1.29 is 27.6 Å². The zero-order chi connectivity index (χ0) is 17.9. The van der Waals surface area contributed by atoms with Gasteiger partial charge < -0.3 is 4.90 Å². The smallest absolute Gasteiger partial charge is 0.326 e.